The number of ether oxygens (including phenoxy) is 1. The third-order valence-corrected chi connectivity index (χ3v) is 6.02. The molecular weight excluding hydrogens is 391 g/mol. The van der Waals surface area contributed by atoms with E-state index in [-0.39, 0.29) is 29.4 Å². The van der Waals surface area contributed by atoms with Gasteiger partial charge in [0.2, 0.25) is 5.91 Å². The molecule has 1 amide bonds. The van der Waals surface area contributed by atoms with Crippen molar-refractivity contribution in [2.75, 3.05) is 6.61 Å². The maximum atomic E-state index is 12.7. The first-order chi connectivity index (χ1) is 11.5. The lowest BCUT2D eigenvalue weighted by molar-refractivity contribution is -0.171. The fourth-order valence-corrected chi connectivity index (χ4v) is 3.98. The molecule has 1 aromatic heterocycles. The molecule has 0 bridgehead atoms. The number of hydrogen-bond acceptors (Lipinski definition) is 5. The van der Waals surface area contributed by atoms with Crippen molar-refractivity contribution in [2.45, 2.75) is 64.4 Å². The first kappa shape index (κ1) is 23.1. The summed E-state index contributed by atoms with van der Waals surface area (Å²) in [5.74, 6) is -0.385. The molecule has 26 heavy (non-hydrogen) atoms. The van der Waals surface area contributed by atoms with Crippen LogP contribution in [0.2, 0.25) is 0 Å². The monoisotopic (exact) mass is 415 g/mol. The number of amides is 1. The van der Waals surface area contributed by atoms with Crippen molar-refractivity contribution in [2.24, 2.45) is 11.1 Å². The number of carbonyl (C=O) groups is 1. The summed E-state index contributed by atoms with van der Waals surface area (Å²) in [4.78, 5) is 16.3. The minimum Gasteiger partial charge on any atom is -0.378 e. The van der Waals surface area contributed by atoms with Gasteiger partial charge < -0.3 is 15.8 Å². The van der Waals surface area contributed by atoms with E-state index in [4.69, 9.17) is 10.5 Å². The molecule has 3 atom stereocenters. The second-order valence-electron chi connectivity index (χ2n) is 6.84. The highest BCUT2D eigenvalue weighted by Crippen LogP contribution is 2.50. The second-order valence-corrected chi connectivity index (χ2v) is 7.73. The van der Waals surface area contributed by atoms with E-state index in [2.05, 4.69) is 10.3 Å². The number of aromatic nitrogens is 1. The minimum absolute atomic E-state index is 0. The van der Waals surface area contributed by atoms with Gasteiger partial charge in [-0.3, -0.25) is 4.79 Å². The fourth-order valence-electron chi connectivity index (χ4n) is 3.02. The van der Waals surface area contributed by atoms with E-state index in [1.807, 2.05) is 20.8 Å². The smallest absolute Gasteiger partial charge is 0.378 e. The van der Waals surface area contributed by atoms with Crippen LogP contribution in [-0.4, -0.2) is 29.1 Å². The molecule has 3 unspecified atom stereocenters. The third kappa shape index (κ3) is 4.00. The van der Waals surface area contributed by atoms with Crippen molar-refractivity contribution in [1.29, 1.82) is 0 Å². The Hall–Kier alpha value is -0.900. The number of rotatable bonds is 6. The van der Waals surface area contributed by atoms with Crippen LogP contribution in [0.25, 0.3) is 0 Å². The van der Waals surface area contributed by atoms with Crippen LogP contribution in [0.1, 0.15) is 57.3 Å². The molecular formula is C16H25ClF3N3O2S. The van der Waals surface area contributed by atoms with Gasteiger partial charge in [0.1, 0.15) is 10.5 Å². The van der Waals surface area contributed by atoms with Crippen molar-refractivity contribution >= 4 is 29.7 Å². The topological polar surface area (TPSA) is 77.2 Å². The van der Waals surface area contributed by atoms with E-state index in [9.17, 15) is 18.0 Å². The average molecular weight is 416 g/mol. The highest BCUT2D eigenvalue weighted by molar-refractivity contribution is 7.09. The SMILES string of the molecule is CCOC1CC(N)(C(=O)NC(CC)c2nc(C(F)(F)F)cs2)C1(C)C.Cl. The third-order valence-electron chi connectivity index (χ3n) is 5.06. The summed E-state index contributed by atoms with van der Waals surface area (Å²) in [6.07, 6.45) is -3.82. The van der Waals surface area contributed by atoms with Crippen LogP contribution in [0, 0.1) is 5.41 Å². The highest BCUT2D eigenvalue weighted by atomic mass is 35.5. The Kier molecular flexibility index (Phi) is 7.12. The van der Waals surface area contributed by atoms with Crippen molar-refractivity contribution in [1.82, 2.24) is 10.3 Å². The van der Waals surface area contributed by atoms with Gasteiger partial charge in [-0.25, -0.2) is 4.98 Å². The molecule has 150 valence electrons. The van der Waals surface area contributed by atoms with Gasteiger partial charge in [-0.1, -0.05) is 20.8 Å². The number of nitrogens with two attached hydrogens (primary N) is 1. The summed E-state index contributed by atoms with van der Waals surface area (Å²) in [6, 6.07) is -0.601. The van der Waals surface area contributed by atoms with Crippen LogP contribution in [0.4, 0.5) is 13.2 Å². The number of alkyl halides is 3. The molecule has 0 aliphatic heterocycles. The Morgan fingerprint density at radius 1 is 1.50 bits per heavy atom. The molecule has 0 spiro atoms. The Balaban J connectivity index is 0.00000338. The highest BCUT2D eigenvalue weighted by Gasteiger charge is 2.63. The zero-order valence-corrected chi connectivity index (χ0v) is 16.8. The zero-order valence-electron chi connectivity index (χ0n) is 15.1. The summed E-state index contributed by atoms with van der Waals surface area (Å²) in [7, 11) is 0. The van der Waals surface area contributed by atoms with Gasteiger partial charge in [0.15, 0.2) is 5.69 Å². The number of nitrogens with one attached hydrogen (secondary N) is 1. The summed E-state index contributed by atoms with van der Waals surface area (Å²) in [6.45, 7) is 7.91. The summed E-state index contributed by atoms with van der Waals surface area (Å²) in [5.41, 5.74) is 3.68. The molecule has 0 radical (unpaired) electrons. The number of nitrogens with zero attached hydrogens (tertiary/aromatic N) is 1. The van der Waals surface area contributed by atoms with E-state index in [0.29, 0.717) is 19.4 Å². The van der Waals surface area contributed by atoms with Crippen molar-refractivity contribution in [3.63, 3.8) is 0 Å². The molecule has 1 fully saturated rings. The Labute approximate surface area is 161 Å². The predicted molar refractivity (Wildman–Crippen MR) is 96.3 cm³/mol. The van der Waals surface area contributed by atoms with Crippen LogP contribution < -0.4 is 11.1 Å². The number of thiazole rings is 1. The standard InChI is InChI=1S/C16H24F3N3O2S.ClH/c1-5-9(12-22-10(8-25-12)16(17,18)19)21-13(23)15(20)7-11(24-6-2)14(15,3)4;/h8-9,11H,5-7,20H2,1-4H3,(H,21,23);1H. The number of halogens is 4. The van der Waals surface area contributed by atoms with Gasteiger partial charge in [-0.15, -0.1) is 23.7 Å². The molecule has 3 N–H and O–H groups in total. The molecule has 1 aliphatic rings. The lowest BCUT2D eigenvalue weighted by atomic mass is 9.54. The Morgan fingerprint density at radius 3 is 2.54 bits per heavy atom. The normalized spacial score (nSPS) is 25.8. The molecule has 0 aromatic carbocycles. The molecule has 1 aromatic rings. The van der Waals surface area contributed by atoms with E-state index in [0.717, 1.165) is 16.7 Å². The number of hydrogen-bond donors (Lipinski definition) is 2. The van der Waals surface area contributed by atoms with Gasteiger partial charge >= 0.3 is 6.18 Å². The summed E-state index contributed by atoms with van der Waals surface area (Å²) < 4.78 is 43.8. The van der Waals surface area contributed by atoms with E-state index >= 15 is 0 Å². The van der Waals surface area contributed by atoms with Gasteiger partial charge in [0, 0.05) is 23.8 Å². The molecule has 5 nitrogen and oxygen atoms in total. The first-order valence-electron chi connectivity index (χ1n) is 8.21. The minimum atomic E-state index is -4.49. The van der Waals surface area contributed by atoms with Crippen molar-refractivity contribution < 1.29 is 22.7 Å². The van der Waals surface area contributed by atoms with Crippen LogP contribution >= 0.6 is 23.7 Å². The summed E-state index contributed by atoms with van der Waals surface area (Å²) >= 11 is 0.885. The van der Waals surface area contributed by atoms with Gasteiger partial charge in [0.05, 0.1) is 12.1 Å². The van der Waals surface area contributed by atoms with Crippen LogP contribution in [0.5, 0.6) is 0 Å². The molecule has 0 saturated heterocycles. The van der Waals surface area contributed by atoms with Gasteiger partial charge in [-0.2, -0.15) is 13.2 Å². The van der Waals surface area contributed by atoms with Crippen LogP contribution in [0.15, 0.2) is 5.38 Å². The number of carbonyl (C=O) groups excluding carboxylic acids is 1. The summed E-state index contributed by atoms with van der Waals surface area (Å²) in [5, 5.41) is 3.96. The lowest BCUT2D eigenvalue weighted by Gasteiger charge is -2.57. The quantitative estimate of drug-likeness (QED) is 0.742. The van der Waals surface area contributed by atoms with Gasteiger partial charge in [0.25, 0.3) is 0 Å². The molecule has 1 saturated carbocycles. The van der Waals surface area contributed by atoms with Gasteiger partial charge in [-0.05, 0) is 13.3 Å². The van der Waals surface area contributed by atoms with Crippen molar-refractivity contribution in [3.05, 3.63) is 16.1 Å². The Bertz CT molecular complexity index is 639. The van der Waals surface area contributed by atoms with E-state index < -0.39 is 28.9 Å². The second kappa shape index (κ2) is 8.00. The van der Waals surface area contributed by atoms with Crippen LogP contribution in [0.3, 0.4) is 0 Å². The first-order valence-corrected chi connectivity index (χ1v) is 9.09. The molecule has 10 heteroatoms. The largest absolute Gasteiger partial charge is 0.434 e. The predicted octanol–water partition coefficient (Wildman–Crippen LogP) is 3.68. The molecule has 2 rings (SSSR count). The van der Waals surface area contributed by atoms with Crippen molar-refractivity contribution in [3.8, 4) is 0 Å². The molecule has 1 heterocycles. The lowest BCUT2D eigenvalue weighted by Crippen LogP contribution is -2.75. The Morgan fingerprint density at radius 2 is 2.12 bits per heavy atom. The van der Waals surface area contributed by atoms with Crippen LogP contribution in [-0.2, 0) is 15.7 Å². The maximum absolute atomic E-state index is 12.7. The maximum Gasteiger partial charge on any atom is 0.434 e. The van der Waals surface area contributed by atoms with E-state index in [1.165, 1.54) is 0 Å². The zero-order chi connectivity index (χ0) is 19.0. The molecule has 1 aliphatic carbocycles. The fraction of sp³-hybridized carbons (Fsp3) is 0.750. The van der Waals surface area contributed by atoms with E-state index in [1.54, 1.807) is 6.92 Å². The average Bonchev–Trinajstić information content (AvgIpc) is 3.01.